The first kappa shape index (κ1) is 7.00. The van der Waals surface area contributed by atoms with E-state index in [0.717, 1.165) is 25.9 Å². The maximum Gasteiger partial charge on any atom is 0.297 e. The summed E-state index contributed by atoms with van der Waals surface area (Å²) in [5.74, 6) is 0.204. The third kappa shape index (κ3) is 1.10. The highest BCUT2D eigenvalue weighted by Gasteiger charge is 2.42. The van der Waals surface area contributed by atoms with Crippen molar-refractivity contribution >= 4 is 0 Å². The number of hydrogen-bond donors (Lipinski definition) is 0. The number of nitrogens with zero attached hydrogens (tertiary/aromatic N) is 3. The van der Waals surface area contributed by atoms with Crippen molar-refractivity contribution in [3.8, 4) is 0 Å². The molecule has 0 saturated carbocycles. The van der Waals surface area contributed by atoms with E-state index in [9.17, 15) is 10.1 Å². The lowest BCUT2D eigenvalue weighted by Gasteiger charge is -2.38. The van der Waals surface area contributed by atoms with Crippen LogP contribution in [0, 0.1) is 16.0 Å². The van der Waals surface area contributed by atoms with E-state index in [-0.39, 0.29) is 10.8 Å². The van der Waals surface area contributed by atoms with E-state index in [1.165, 1.54) is 0 Å². The molecule has 3 fully saturated rings. The van der Waals surface area contributed by atoms with Crippen molar-refractivity contribution in [1.82, 2.24) is 10.4 Å². The molecular formula is C6H10N3O2. The monoisotopic (exact) mass is 156 g/mol. The molecule has 0 aromatic carbocycles. The molecule has 0 aliphatic carbocycles. The highest BCUT2D eigenvalue weighted by Crippen LogP contribution is 2.26. The van der Waals surface area contributed by atoms with Gasteiger partial charge in [0, 0.05) is 23.9 Å². The van der Waals surface area contributed by atoms with Crippen molar-refractivity contribution in [3.63, 3.8) is 0 Å². The van der Waals surface area contributed by atoms with E-state index in [1.807, 2.05) is 5.01 Å². The highest BCUT2D eigenvalue weighted by molar-refractivity contribution is 4.80. The van der Waals surface area contributed by atoms with Crippen molar-refractivity contribution in [2.24, 2.45) is 5.92 Å². The summed E-state index contributed by atoms with van der Waals surface area (Å²) in [6, 6.07) is 0. The highest BCUT2D eigenvalue weighted by atomic mass is 16.6. The number of hydrogen-bond acceptors (Lipinski definition) is 3. The maximum atomic E-state index is 10.4. The van der Waals surface area contributed by atoms with Crippen LogP contribution >= 0.6 is 0 Å². The number of nitro groups is 1. The minimum absolute atomic E-state index is 0.204. The minimum Gasteiger partial charge on any atom is -0.263 e. The molecule has 3 aliphatic rings. The molecule has 1 radical (unpaired) electrons. The average Bonchev–Trinajstić information content (AvgIpc) is 2.06. The van der Waals surface area contributed by atoms with E-state index >= 15 is 0 Å². The zero-order valence-corrected chi connectivity index (χ0v) is 6.14. The second-order valence-corrected chi connectivity index (χ2v) is 3.11. The molecule has 3 saturated heterocycles. The average molecular weight is 156 g/mol. The van der Waals surface area contributed by atoms with Crippen LogP contribution in [0.25, 0.3) is 0 Å². The largest absolute Gasteiger partial charge is 0.297 e. The summed E-state index contributed by atoms with van der Waals surface area (Å²) >= 11 is 0. The van der Waals surface area contributed by atoms with Gasteiger partial charge in [-0.3, -0.25) is 10.1 Å². The number of fused-ring (bicyclic) bond motifs is 3. The second-order valence-electron chi connectivity index (χ2n) is 3.11. The Bertz CT molecular complexity index is 177. The summed E-state index contributed by atoms with van der Waals surface area (Å²) in [7, 11) is 0. The zero-order chi connectivity index (χ0) is 7.84. The predicted octanol–water partition coefficient (Wildman–Crippen LogP) is -0.166. The lowest BCUT2D eigenvalue weighted by molar-refractivity contribution is -0.555. The Kier molecular flexibility index (Phi) is 1.54. The lowest BCUT2D eigenvalue weighted by Crippen LogP contribution is -2.57. The van der Waals surface area contributed by atoms with Crippen LogP contribution in [0.15, 0.2) is 0 Å². The summed E-state index contributed by atoms with van der Waals surface area (Å²) in [6.45, 7) is 1.82. The topological polar surface area (TPSA) is 60.5 Å². The molecule has 0 amide bonds. The smallest absolute Gasteiger partial charge is 0.263 e. The summed E-state index contributed by atoms with van der Waals surface area (Å²) < 4.78 is 0. The molecule has 0 aromatic heterocycles. The Balaban J connectivity index is 2.08. The molecular weight excluding hydrogens is 146 g/mol. The molecule has 5 heteroatoms. The molecule has 1 unspecified atom stereocenters. The van der Waals surface area contributed by atoms with Gasteiger partial charge in [0.1, 0.15) is 0 Å². The Morgan fingerprint density at radius 1 is 1.45 bits per heavy atom. The molecule has 0 N–H and O–H groups in total. The Hall–Kier alpha value is -0.680. The van der Waals surface area contributed by atoms with Crippen LogP contribution in [0.4, 0.5) is 0 Å². The van der Waals surface area contributed by atoms with Gasteiger partial charge in [-0.2, -0.15) is 0 Å². The third-order valence-electron chi connectivity index (χ3n) is 2.44. The SMILES string of the molecule is O=[N+]([O-])C1[N]N2CCC1CC2. The molecule has 5 nitrogen and oxygen atoms in total. The molecule has 0 spiro atoms. The molecule has 61 valence electrons. The zero-order valence-electron chi connectivity index (χ0n) is 6.14. The van der Waals surface area contributed by atoms with E-state index in [1.54, 1.807) is 0 Å². The Morgan fingerprint density at radius 2 is 2.09 bits per heavy atom. The van der Waals surface area contributed by atoms with Crippen LogP contribution in [-0.2, 0) is 0 Å². The quantitative estimate of drug-likeness (QED) is 0.391. The van der Waals surface area contributed by atoms with E-state index < -0.39 is 6.17 Å². The van der Waals surface area contributed by atoms with Gasteiger partial charge in [0.05, 0.1) is 0 Å². The van der Waals surface area contributed by atoms with Gasteiger partial charge in [-0.25, -0.2) is 5.01 Å². The molecule has 1 atom stereocenters. The first-order valence-corrected chi connectivity index (χ1v) is 3.86. The van der Waals surface area contributed by atoms with Crippen LogP contribution < -0.4 is 5.43 Å². The van der Waals surface area contributed by atoms with Crippen molar-refractivity contribution in [3.05, 3.63) is 10.1 Å². The Labute approximate surface area is 64.5 Å². The molecule has 11 heavy (non-hydrogen) atoms. The minimum atomic E-state index is -0.641. The van der Waals surface area contributed by atoms with Gasteiger partial charge in [-0.05, 0) is 12.8 Å². The third-order valence-corrected chi connectivity index (χ3v) is 2.44. The predicted molar refractivity (Wildman–Crippen MR) is 37.2 cm³/mol. The summed E-state index contributed by atoms with van der Waals surface area (Å²) in [6.07, 6.45) is 1.24. The summed E-state index contributed by atoms with van der Waals surface area (Å²) in [5.41, 5.74) is 3.98. The molecule has 3 rings (SSSR count). The maximum absolute atomic E-state index is 10.4. The fourth-order valence-electron chi connectivity index (χ4n) is 1.78. The Morgan fingerprint density at radius 3 is 2.36 bits per heavy atom. The first-order chi connectivity index (χ1) is 5.27. The molecule has 3 heterocycles. The van der Waals surface area contributed by atoms with Crippen LogP contribution in [-0.4, -0.2) is 29.2 Å². The molecule has 2 bridgehead atoms. The van der Waals surface area contributed by atoms with Gasteiger partial charge >= 0.3 is 0 Å². The van der Waals surface area contributed by atoms with E-state index in [0.29, 0.717) is 0 Å². The fraction of sp³-hybridized carbons (Fsp3) is 1.00. The lowest BCUT2D eigenvalue weighted by atomic mass is 9.92. The van der Waals surface area contributed by atoms with Gasteiger partial charge in [-0.1, -0.05) is 5.43 Å². The van der Waals surface area contributed by atoms with Crippen molar-refractivity contribution in [1.29, 1.82) is 0 Å². The van der Waals surface area contributed by atoms with Gasteiger partial charge in [0.15, 0.2) is 0 Å². The number of rotatable bonds is 1. The van der Waals surface area contributed by atoms with Crippen LogP contribution in [0.1, 0.15) is 12.8 Å². The summed E-state index contributed by atoms with van der Waals surface area (Å²) in [5, 5.41) is 12.3. The fourth-order valence-corrected chi connectivity index (χ4v) is 1.78. The normalized spacial score (nSPS) is 42.4. The van der Waals surface area contributed by atoms with Gasteiger partial charge < -0.3 is 0 Å². The number of piperidine rings is 1. The van der Waals surface area contributed by atoms with E-state index in [4.69, 9.17) is 0 Å². The van der Waals surface area contributed by atoms with Crippen molar-refractivity contribution in [2.75, 3.05) is 13.1 Å². The van der Waals surface area contributed by atoms with E-state index in [2.05, 4.69) is 5.43 Å². The standard InChI is InChI=1S/C6H10N3O2/c10-9(11)6-5-1-3-8(7-6)4-2-5/h5-6H,1-4H2. The van der Waals surface area contributed by atoms with Crippen LogP contribution in [0.2, 0.25) is 0 Å². The summed E-state index contributed by atoms with van der Waals surface area (Å²) in [4.78, 5) is 10.2. The van der Waals surface area contributed by atoms with Gasteiger partial charge in [-0.15, -0.1) is 0 Å². The van der Waals surface area contributed by atoms with Crippen molar-refractivity contribution < 1.29 is 4.92 Å². The van der Waals surface area contributed by atoms with Gasteiger partial charge in [0.25, 0.3) is 6.17 Å². The molecule has 0 aromatic rings. The first-order valence-electron chi connectivity index (χ1n) is 3.86. The van der Waals surface area contributed by atoms with Crippen molar-refractivity contribution in [2.45, 2.75) is 19.0 Å². The van der Waals surface area contributed by atoms with Gasteiger partial charge in [0.2, 0.25) is 0 Å². The molecule has 3 aliphatic heterocycles. The van der Waals surface area contributed by atoms with Crippen LogP contribution in [0.5, 0.6) is 0 Å². The van der Waals surface area contributed by atoms with Crippen LogP contribution in [0.3, 0.4) is 0 Å². The second kappa shape index (κ2) is 2.42.